The van der Waals surface area contributed by atoms with E-state index in [1.54, 1.807) is 13.2 Å². The number of aromatic nitrogens is 3. The summed E-state index contributed by atoms with van der Waals surface area (Å²) in [7, 11) is 1.72. The summed E-state index contributed by atoms with van der Waals surface area (Å²) in [5.41, 5.74) is 2.07. The van der Waals surface area contributed by atoms with E-state index in [0.29, 0.717) is 5.75 Å². The Hall–Kier alpha value is -2.68. The molecule has 2 heterocycles. The summed E-state index contributed by atoms with van der Waals surface area (Å²) < 4.78 is 6.87. The second-order valence-electron chi connectivity index (χ2n) is 3.40. The predicted octanol–water partition coefficient (Wildman–Crippen LogP) is 0.801. The summed E-state index contributed by atoms with van der Waals surface area (Å²) in [5.74, 6) is 5.80. The molecule has 0 amide bonds. The van der Waals surface area contributed by atoms with Gasteiger partial charge in [0, 0.05) is 7.05 Å². The van der Waals surface area contributed by atoms with Crippen molar-refractivity contribution in [2.24, 2.45) is 12.9 Å². The molecule has 0 aliphatic carbocycles. The molecule has 0 spiro atoms. The first-order chi connectivity index (χ1) is 8.58. The van der Waals surface area contributed by atoms with Gasteiger partial charge in [-0.3, -0.25) is 14.8 Å². The van der Waals surface area contributed by atoms with Gasteiger partial charge in [0.2, 0.25) is 5.88 Å². The Labute approximate surface area is 101 Å². The smallest absolute Gasteiger partial charge is 0.278 e. The Bertz CT molecular complexity index is 581. The number of anilines is 1. The van der Waals surface area contributed by atoms with E-state index < -0.39 is 4.92 Å². The molecule has 2 aromatic rings. The summed E-state index contributed by atoms with van der Waals surface area (Å²) >= 11 is 0. The number of rotatable bonds is 4. The number of nitrogens with zero attached hydrogens (tertiary/aromatic N) is 4. The van der Waals surface area contributed by atoms with Gasteiger partial charge in [0.1, 0.15) is 0 Å². The normalized spacial score (nSPS) is 10.1. The van der Waals surface area contributed by atoms with Gasteiger partial charge in [-0.2, -0.15) is 10.1 Å². The number of nitro groups is 1. The standard InChI is InChI=1S/C9H10N6O3/c1-14-5-7(4-11-14)18-9-3-6(15(16)17)2-8(12-9)13-10/h2-5H,10H2,1H3,(H,12,13). The largest absolute Gasteiger partial charge is 0.435 e. The third kappa shape index (κ3) is 2.52. The van der Waals surface area contributed by atoms with Crippen LogP contribution in [0.4, 0.5) is 11.5 Å². The maximum Gasteiger partial charge on any atom is 0.278 e. The quantitative estimate of drug-likeness (QED) is 0.467. The number of nitrogens with two attached hydrogens (primary N) is 1. The Balaban J connectivity index is 2.32. The van der Waals surface area contributed by atoms with E-state index in [9.17, 15) is 10.1 Å². The minimum Gasteiger partial charge on any atom is -0.435 e. The highest BCUT2D eigenvalue weighted by molar-refractivity contribution is 5.48. The molecule has 2 aromatic heterocycles. The van der Waals surface area contributed by atoms with Crippen LogP contribution in [0.5, 0.6) is 11.6 Å². The monoisotopic (exact) mass is 250 g/mol. The van der Waals surface area contributed by atoms with Gasteiger partial charge in [0.05, 0.1) is 29.4 Å². The summed E-state index contributed by atoms with van der Waals surface area (Å²) in [4.78, 5) is 14.1. The van der Waals surface area contributed by atoms with E-state index in [4.69, 9.17) is 10.6 Å². The fourth-order valence-electron chi connectivity index (χ4n) is 1.30. The van der Waals surface area contributed by atoms with Crippen LogP contribution < -0.4 is 16.0 Å². The van der Waals surface area contributed by atoms with Crippen LogP contribution in [0.1, 0.15) is 0 Å². The second-order valence-corrected chi connectivity index (χ2v) is 3.40. The molecule has 0 aliphatic heterocycles. The second kappa shape index (κ2) is 4.67. The van der Waals surface area contributed by atoms with Crippen LogP contribution in [-0.2, 0) is 7.05 Å². The van der Waals surface area contributed by atoms with Gasteiger partial charge in [-0.15, -0.1) is 0 Å². The summed E-state index contributed by atoms with van der Waals surface area (Å²) in [6, 6.07) is 2.41. The molecule has 2 rings (SSSR count). The Morgan fingerprint density at radius 1 is 1.56 bits per heavy atom. The highest BCUT2D eigenvalue weighted by atomic mass is 16.6. The van der Waals surface area contributed by atoms with Crippen molar-refractivity contribution in [3.05, 3.63) is 34.6 Å². The molecule has 3 N–H and O–H groups in total. The lowest BCUT2D eigenvalue weighted by atomic mass is 10.4. The number of ether oxygens (including phenoxy) is 1. The van der Waals surface area contributed by atoms with E-state index in [-0.39, 0.29) is 17.4 Å². The van der Waals surface area contributed by atoms with Gasteiger partial charge in [-0.1, -0.05) is 0 Å². The number of aryl methyl sites for hydroxylation is 1. The molecule has 0 bridgehead atoms. The lowest BCUT2D eigenvalue weighted by Gasteiger charge is -2.04. The van der Waals surface area contributed by atoms with Crippen LogP contribution in [0.25, 0.3) is 0 Å². The number of hydrogen-bond acceptors (Lipinski definition) is 7. The van der Waals surface area contributed by atoms with Crippen molar-refractivity contribution in [2.45, 2.75) is 0 Å². The van der Waals surface area contributed by atoms with Crippen LogP contribution in [0.3, 0.4) is 0 Å². The van der Waals surface area contributed by atoms with E-state index in [0.717, 1.165) is 0 Å². The zero-order valence-corrected chi connectivity index (χ0v) is 9.40. The molecule has 0 fully saturated rings. The molecule has 0 saturated heterocycles. The summed E-state index contributed by atoms with van der Waals surface area (Å²) in [6.45, 7) is 0. The Morgan fingerprint density at radius 2 is 2.33 bits per heavy atom. The molecule has 0 atom stereocenters. The van der Waals surface area contributed by atoms with Crippen LogP contribution in [0.2, 0.25) is 0 Å². The highest BCUT2D eigenvalue weighted by Gasteiger charge is 2.12. The lowest BCUT2D eigenvalue weighted by molar-refractivity contribution is -0.384. The molecule has 18 heavy (non-hydrogen) atoms. The Morgan fingerprint density at radius 3 is 2.89 bits per heavy atom. The number of nitrogens with one attached hydrogen (secondary N) is 1. The van der Waals surface area contributed by atoms with Crippen molar-refractivity contribution in [1.82, 2.24) is 14.8 Å². The summed E-state index contributed by atoms with van der Waals surface area (Å²) in [5, 5.41) is 14.6. The number of hydrazine groups is 1. The lowest BCUT2D eigenvalue weighted by Crippen LogP contribution is -2.09. The maximum absolute atomic E-state index is 10.7. The highest BCUT2D eigenvalue weighted by Crippen LogP contribution is 2.25. The molecule has 0 radical (unpaired) electrons. The number of nitrogen functional groups attached to an aromatic ring is 1. The number of hydrogen-bond donors (Lipinski definition) is 2. The van der Waals surface area contributed by atoms with Gasteiger partial charge in [-0.25, -0.2) is 5.84 Å². The molecule has 0 unspecified atom stereocenters. The minimum atomic E-state index is -0.557. The average molecular weight is 250 g/mol. The van der Waals surface area contributed by atoms with E-state index in [1.165, 1.54) is 23.0 Å². The molecule has 0 saturated carbocycles. The zero-order valence-electron chi connectivity index (χ0n) is 9.40. The molecule has 9 nitrogen and oxygen atoms in total. The van der Waals surface area contributed by atoms with Crippen LogP contribution in [0.15, 0.2) is 24.5 Å². The predicted molar refractivity (Wildman–Crippen MR) is 62.0 cm³/mol. The third-order valence-corrected chi connectivity index (χ3v) is 2.05. The molecule has 9 heteroatoms. The third-order valence-electron chi connectivity index (χ3n) is 2.05. The molecule has 0 aromatic carbocycles. The molecular formula is C9H10N6O3. The van der Waals surface area contributed by atoms with Crippen LogP contribution in [0, 0.1) is 10.1 Å². The van der Waals surface area contributed by atoms with Gasteiger partial charge in [-0.05, 0) is 0 Å². The SMILES string of the molecule is Cn1cc(Oc2cc([N+](=O)[O-])cc(NN)n2)cn1. The first kappa shape index (κ1) is 11.8. The van der Waals surface area contributed by atoms with Gasteiger partial charge in [0.15, 0.2) is 11.6 Å². The van der Waals surface area contributed by atoms with Crippen molar-refractivity contribution >= 4 is 11.5 Å². The van der Waals surface area contributed by atoms with Crippen molar-refractivity contribution in [3.63, 3.8) is 0 Å². The molecule has 0 aliphatic rings. The molecule has 94 valence electrons. The topological polar surface area (TPSA) is 121 Å². The van der Waals surface area contributed by atoms with Crippen LogP contribution >= 0.6 is 0 Å². The number of pyridine rings is 1. The maximum atomic E-state index is 10.7. The first-order valence-electron chi connectivity index (χ1n) is 4.88. The van der Waals surface area contributed by atoms with Crippen molar-refractivity contribution < 1.29 is 9.66 Å². The van der Waals surface area contributed by atoms with E-state index in [1.807, 2.05) is 0 Å². The van der Waals surface area contributed by atoms with Gasteiger partial charge < -0.3 is 10.2 Å². The fraction of sp³-hybridized carbons (Fsp3) is 0.111. The van der Waals surface area contributed by atoms with Gasteiger partial charge in [0.25, 0.3) is 5.69 Å². The average Bonchev–Trinajstić information content (AvgIpc) is 2.74. The van der Waals surface area contributed by atoms with Crippen LogP contribution in [-0.4, -0.2) is 19.7 Å². The van der Waals surface area contributed by atoms with Crippen molar-refractivity contribution in [1.29, 1.82) is 0 Å². The molecular weight excluding hydrogens is 240 g/mol. The summed E-state index contributed by atoms with van der Waals surface area (Å²) in [6.07, 6.45) is 3.08. The van der Waals surface area contributed by atoms with E-state index in [2.05, 4.69) is 15.5 Å². The van der Waals surface area contributed by atoms with E-state index >= 15 is 0 Å². The minimum absolute atomic E-state index is 0.0603. The van der Waals surface area contributed by atoms with Crippen molar-refractivity contribution in [3.8, 4) is 11.6 Å². The van der Waals surface area contributed by atoms with Gasteiger partial charge >= 0.3 is 0 Å². The zero-order chi connectivity index (χ0) is 13.1. The Kier molecular flexibility index (Phi) is 3.06. The van der Waals surface area contributed by atoms with Crippen molar-refractivity contribution in [2.75, 3.05) is 5.43 Å². The first-order valence-corrected chi connectivity index (χ1v) is 4.88. The fourth-order valence-corrected chi connectivity index (χ4v) is 1.30.